The predicted molar refractivity (Wildman–Crippen MR) is 68.9 cm³/mol. The van der Waals surface area contributed by atoms with Gasteiger partial charge in [-0.3, -0.25) is 9.69 Å². The Morgan fingerprint density at radius 3 is 3.00 bits per heavy atom. The summed E-state index contributed by atoms with van der Waals surface area (Å²) >= 11 is 0. The number of hydrogen-bond donors (Lipinski definition) is 2. The second-order valence-electron chi connectivity index (χ2n) is 5.40. The number of nitrogens with zero attached hydrogens (tertiary/aromatic N) is 1. The van der Waals surface area contributed by atoms with Crippen molar-refractivity contribution in [2.75, 3.05) is 19.6 Å². The number of nitrogens with one attached hydrogen (secondary N) is 2. The number of amides is 1. The minimum absolute atomic E-state index is 0.135. The van der Waals surface area contributed by atoms with E-state index in [1.165, 1.54) is 32.4 Å². The smallest absolute Gasteiger partial charge is 0.234 e. The standard InChI is InChI=1S/C13H25N3O/c1-3-10(2)15-13(17)9-14-11-6-8-16-7-4-5-12(11)16/h10-12,14H,3-9H2,1-2H3,(H,15,17). The lowest BCUT2D eigenvalue weighted by Crippen LogP contribution is -2.45. The SMILES string of the molecule is CCC(C)NC(=O)CNC1CCN2CCCC12. The Morgan fingerprint density at radius 1 is 1.41 bits per heavy atom. The zero-order valence-corrected chi connectivity index (χ0v) is 11.0. The van der Waals surface area contributed by atoms with Gasteiger partial charge in [0.05, 0.1) is 6.54 Å². The molecule has 0 aromatic rings. The second kappa shape index (κ2) is 5.83. The van der Waals surface area contributed by atoms with Crippen LogP contribution in [-0.4, -0.2) is 48.6 Å². The maximum atomic E-state index is 11.7. The van der Waals surface area contributed by atoms with Crippen LogP contribution in [0.5, 0.6) is 0 Å². The first-order chi connectivity index (χ1) is 8.20. The van der Waals surface area contributed by atoms with Crippen molar-refractivity contribution in [1.29, 1.82) is 0 Å². The monoisotopic (exact) mass is 239 g/mol. The average Bonchev–Trinajstić information content (AvgIpc) is 2.88. The van der Waals surface area contributed by atoms with Gasteiger partial charge in [-0.1, -0.05) is 6.92 Å². The molecule has 0 saturated carbocycles. The lowest BCUT2D eigenvalue weighted by atomic mass is 10.1. The molecule has 2 heterocycles. The minimum Gasteiger partial charge on any atom is -0.353 e. The van der Waals surface area contributed by atoms with E-state index in [0.29, 0.717) is 18.6 Å². The Hall–Kier alpha value is -0.610. The van der Waals surface area contributed by atoms with E-state index in [4.69, 9.17) is 0 Å². The molecular formula is C13H25N3O. The normalized spacial score (nSPS) is 30.2. The predicted octanol–water partition coefficient (Wildman–Crippen LogP) is 0.727. The van der Waals surface area contributed by atoms with E-state index in [1.807, 2.05) is 6.92 Å². The van der Waals surface area contributed by atoms with E-state index in [-0.39, 0.29) is 11.9 Å². The van der Waals surface area contributed by atoms with E-state index < -0.39 is 0 Å². The van der Waals surface area contributed by atoms with Crippen molar-refractivity contribution in [3.8, 4) is 0 Å². The fourth-order valence-electron chi connectivity index (χ4n) is 2.97. The first kappa shape index (κ1) is 12.8. The van der Waals surface area contributed by atoms with Gasteiger partial charge in [0.1, 0.15) is 0 Å². The van der Waals surface area contributed by atoms with Crippen molar-refractivity contribution in [3.63, 3.8) is 0 Å². The van der Waals surface area contributed by atoms with Gasteiger partial charge in [0.2, 0.25) is 5.91 Å². The zero-order valence-electron chi connectivity index (χ0n) is 11.0. The first-order valence-electron chi connectivity index (χ1n) is 6.97. The highest BCUT2D eigenvalue weighted by Crippen LogP contribution is 2.27. The van der Waals surface area contributed by atoms with Gasteiger partial charge in [0.15, 0.2) is 0 Å². The highest BCUT2D eigenvalue weighted by Gasteiger charge is 2.36. The summed E-state index contributed by atoms with van der Waals surface area (Å²) in [5.41, 5.74) is 0. The van der Waals surface area contributed by atoms with Crippen LogP contribution in [0.1, 0.15) is 39.5 Å². The molecule has 3 unspecified atom stereocenters. The fraction of sp³-hybridized carbons (Fsp3) is 0.923. The van der Waals surface area contributed by atoms with E-state index in [2.05, 4.69) is 22.5 Å². The van der Waals surface area contributed by atoms with Crippen LogP contribution in [0, 0.1) is 0 Å². The summed E-state index contributed by atoms with van der Waals surface area (Å²) in [4.78, 5) is 14.2. The van der Waals surface area contributed by atoms with Crippen molar-refractivity contribution in [2.45, 2.75) is 57.7 Å². The maximum Gasteiger partial charge on any atom is 0.234 e. The average molecular weight is 239 g/mol. The van der Waals surface area contributed by atoms with E-state index in [0.717, 1.165) is 6.42 Å². The molecule has 1 amide bonds. The quantitative estimate of drug-likeness (QED) is 0.743. The van der Waals surface area contributed by atoms with Crippen LogP contribution in [0.2, 0.25) is 0 Å². The van der Waals surface area contributed by atoms with Gasteiger partial charge >= 0.3 is 0 Å². The minimum atomic E-state index is 0.135. The summed E-state index contributed by atoms with van der Waals surface area (Å²) < 4.78 is 0. The molecule has 0 aromatic heterocycles. The Morgan fingerprint density at radius 2 is 2.24 bits per heavy atom. The summed E-state index contributed by atoms with van der Waals surface area (Å²) in [6.45, 7) is 7.06. The summed E-state index contributed by atoms with van der Waals surface area (Å²) in [7, 11) is 0. The van der Waals surface area contributed by atoms with E-state index in [1.54, 1.807) is 0 Å². The summed E-state index contributed by atoms with van der Waals surface area (Å²) in [6, 6.07) is 1.50. The van der Waals surface area contributed by atoms with Crippen molar-refractivity contribution in [3.05, 3.63) is 0 Å². The molecule has 17 heavy (non-hydrogen) atoms. The van der Waals surface area contributed by atoms with Gasteiger partial charge in [0.25, 0.3) is 0 Å². The van der Waals surface area contributed by atoms with Crippen LogP contribution in [-0.2, 0) is 4.79 Å². The number of carbonyl (C=O) groups is 1. The molecule has 2 fully saturated rings. The lowest BCUT2D eigenvalue weighted by Gasteiger charge is -2.21. The fourth-order valence-corrected chi connectivity index (χ4v) is 2.97. The molecule has 2 N–H and O–H groups in total. The molecule has 2 rings (SSSR count). The molecular weight excluding hydrogens is 214 g/mol. The van der Waals surface area contributed by atoms with Gasteiger partial charge in [-0.2, -0.15) is 0 Å². The Kier molecular flexibility index (Phi) is 4.40. The Labute approximate surface area is 104 Å². The molecule has 0 spiro atoms. The summed E-state index contributed by atoms with van der Waals surface area (Å²) in [6.07, 6.45) is 4.80. The molecule has 2 aliphatic rings. The molecule has 4 nitrogen and oxygen atoms in total. The van der Waals surface area contributed by atoms with Crippen LogP contribution >= 0.6 is 0 Å². The van der Waals surface area contributed by atoms with E-state index in [9.17, 15) is 4.79 Å². The summed E-state index contributed by atoms with van der Waals surface area (Å²) in [5.74, 6) is 0.135. The van der Waals surface area contributed by atoms with Crippen LogP contribution in [0.25, 0.3) is 0 Å². The molecule has 2 aliphatic heterocycles. The third-order valence-electron chi connectivity index (χ3n) is 4.15. The number of fused-ring (bicyclic) bond motifs is 1. The van der Waals surface area contributed by atoms with Crippen LogP contribution in [0.4, 0.5) is 0 Å². The van der Waals surface area contributed by atoms with Gasteiger partial charge in [0, 0.05) is 24.7 Å². The lowest BCUT2D eigenvalue weighted by molar-refractivity contribution is -0.121. The number of rotatable bonds is 5. The molecule has 98 valence electrons. The van der Waals surface area contributed by atoms with E-state index >= 15 is 0 Å². The van der Waals surface area contributed by atoms with Crippen molar-refractivity contribution in [1.82, 2.24) is 15.5 Å². The summed E-state index contributed by atoms with van der Waals surface area (Å²) in [5, 5.41) is 6.43. The van der Waals surface area contributed by atoms with Gasteiger partial charge in [-0.05, 0) is 39.2 Å². The van der Waals surface area contributed by atoms with Gasteiger partial charge in [-0.25, -0.2) is 0 Å². The highest BCUT2D eigenvalue weighted by atomic mass is 16.1. The van der Waals surface area contributed by atoms with Crippen molar-refractivity contribution in [2.24, 2.45) is 0 Å². The molecule has 3 atom stereocenters. The molecule has 0 radical (unpaired) electrons. The van der Waals surface area contributed by atoms with Crippen LogP contribution < -0.4 is 10.6 Å². The Balaban J connectivity index is 1.69. The second-order valence-corrected chi connectivity index (χ2v) is 5.40. The van der Waals surface area contributed by atoms with Gasteiger partial charge in [-0.15, -0.1) is 0 Å². The molecule has 2 saturated heterocycles. The first-order valence-corrected chi connectivity index (χ1v) is 6.97. The molecule has 0 bridgehead atoms. The van der Waals surface area contributed by atoms with Crippen molar-refractivity contribution < 1.29 is 4.79 Å². The third kappa shape index (κ3) is 3.19. The maximum absolute atomic E-state index is 11.7. The third-order valence-corrected chi connectivity index (χ3v) is 4.15. The van der Waals surface area contributed by atoms with Crippen LogP contribution in [0.3, 0.4) is 0 Å². The van der Waals surface area contributed by atoms with Gasteiger partial charge < -0.3 is 10.6 Å². The van der Waals surface area contributed by atoms with Crippen molar-refractivity contribution >= 4 is 5.91 Å². The number of hydrogen-bond acceptors (Lipinski definition) is 3. The largest absolute Gasteiger partial charge is 0.353 e. The highest BCUT2D eigenvalue weighted by molar-refractivity contribution is 5.78. The molecule has 0 aliphatic carbocycles. The molecule has 0 aromatic carbocycles. The van der Waals surface area contributed by atoms with Crippen LogP contribution in [0.15, 0.2) is 0 Å². The molecule has 4 heteroatoms. The zero-order chi connectivity index (χ0) is 12.3. The Bertz CT molecular complexity index is 269. The number of carbonyl (C=O) groups excluding carboxylic acids is 1. The topological polar surface area (TPSA) is 44.4 Å².